The van der Waals surface area contributed by atoms with Crippen molar-refractivity contribution in [2.75, 3.05) is 20.2 Å². The molecule has 1 unspecified atom stereocenters. The number of carboxylic acid groups (broad SMARTS) is 1. The van der Waals surface area contributed by atoms with Crippen LogP contribution in [0.3, 0.4) is 0 Å². The molecule has 0 bridgehead atoms. The van der Waals surface area contributed by atoms with Gasteiger partial charge < -0.3 is 47.3 Å². The van der Waals surface area contributed by atoms with Gasteiger partial charge in [0.05, 0.1) is 6.61 Å². The molecule has 0 rings (SSSR count). The fraction of sp³-hybridized carbons (Fsp3) is 0.833. The molecule has 1 atom stereocenters. The van der Waals surface area contributed by atoms with Crippen molar-refractivity contribution in [1.29, 1.82) is 0 Å². The van der Waals surface area contributed by atoms with Crippen LogP contribution < -0.4 is 27.6 Å². The van der Waals surface area contributed by atoms with E-state index in [-0.39, 0.29) is 40.0 Å². The van der Waals surface area contributed by atoms with Gasteiger partial charge in [0.25, 0.3) is 7.82 Å². The average molecular weight is 472 g/mol. The molecule has 0 aromatic rings. The van der Waals surface area contributed by atoms with Crippen LogP contribution in [0.5, 0.6) is 0 Å². The van der Waals surface area contributed by atoms with Gasteiger partial charge in [0.1, 0.15) is 0 Å². The Kier molecular flexibility index (Phi) is 29.3. The first kappa shape index (κ1) is 30.8. The Hall–Kier alpha value is 0.108. The molecule has 0 heterocycles. The molecule has 0 aliphatic rings. The van der Waals surface area contributed by atoms with E-state index >= 15 is 0 Å². The van der Waals surface area contributed by atoms with E-state index in [1.165, 1.54) is 0 Å². The first-order valence-electron chi connectivity index (χ1n) is 3.95. The van der Waals surface area contributed by atoms with E-state index in [1.807, 2.05) is 0 Å². The molecule has 0 radical (unpaired) electrons. The third-order valence-electron chi connectivity index (χ3n) is 1.30. The molecule has 0 fully saturated rings. The van der Waals surface area contributed by atoms with Crippen LogP contribution >= 0.6 is 7.82 Å². The second kappa shape index (κ2) is 17.1. The van der Waals surface area contributed by atoms with E-state index in [9.17, 15) is 9.90 Å². The molecule has 0 saturated carbocycles. The second-order valence-corrected chi connectivity index (χ2v) is 3.56. The van der Waals surface area contributed by atoms with Crippen LogP contribution in [0.25, 0.3) is 0 Å². The van der Waals surface area contributed by atoms with Crippen LogP contribution in [0, 0.1) is 5.92 Å². The number of rotatable bonds is 5. The van der Waals surface area contributed by atoms with Crippen LogP contribution in [0.1, 0.15) is 6.42 Å². The number of phosphoric acid groups is 1. The average Bonchev–Trinajstić information content (AvgIpc) is 2.02. The van der Waals surface area contributed by atoms with Gasteiger partial charge in [0, 0.05) is 11.9 Å². The normalized spacial score (nSPS) is 10.5. The van der Waals surface area contributed by atoms with E-state index in [0.717, 1.165) is 0 Å². The summed E-state index contributed by atoms with van der Waals surface area (Å²) >= 11 is 0. The predicted molar refractivity (Wildman–Crippen MR) is 56.2 cm³/mol. The van der Waals surface area contributed by atoms with Crippen molar-refractivity contribution in [2.45, 2.75) is 6.42 Å². The molecule has 0 aliphatic heterocycles. The summed E-state index contributed by atoms with van der Waals surface area (Å²) in [6, 6.07) is 0. The largest absolute Gasteiger partial charge is 2.00 e. The Bertz CT molecular complexity index is 219. The molecule has 0 aliphatic carbocycles. The van der Waals surface area contributed by atoms with Gasteiger partial charge in [0.15, 0.2) is 0 Å². The van der Waals surface area contributed by atoms with Crippen LogP contribution in [0.4, 0.5) is 0 Å². The van der Waals surface area contributed by atoms with E-state index in [4.69, 9.17) is 24.4 Å². The minimum absolute atomic E-state index is 0. The molecule has 0 spiro atoms. The zero-order valence-corrected chi connectivity index (χ0v) is 13.0. The smallest absolute Gasteiger partial charge is 0.756 e. The maximum atomic E-state index is 10.1. The number of aliphatic hydroxyl groups excluding tert-OH is 1. The minimum Gasteiger partial charge on any atom is -0.756 e. The van der Waals surface area contributed by atoms with Gasteiger partial charge in [-0.1, -0.05) is 0 Å². The number of carboxylic acids is 1. The van der Waals surface area contributed by atoms with Crippen LogP contribution in [-0.4, -0.2) is 41.1 Å². The number of hydrogen-bond acceptors (Lipinski definition) is 8. The van der Waals surface area contributed by atoms with Crippen LogP contribution in [0.2, 0.25) is 0 Å². The van der Waals surface area contributed by atoms with Crippen molar-refractivity contribution in [1.82, 2.24) is 17.6 Å². The summed E-state index contributed by atoms with van der Waals surface area (Å²) in [7, 11) is -3.16. The number of aliphatic carboxylic acids is 1. The first-order chi connectivity index (χ1) is 6.72. The standard InChI is InChI=1S/C6H13NO3.2H3N.H3O4P.Pt/c1-7-3-2-5(4-8)6(9)10;;;1-5(2,3)4;/h5,7-8H,2-4H2,1H3,(H,9,10);2*1H3;(H3,1,2,3,4);/q;;;;+2/p-2. The number of carbonyl (C=O) groups is 1. The molecular formula is C6H20N3O7PPt. The Morgan fingerprint density at radius 1 is 1.39 bits per heavy atom. The van der Waals surface area contributed by atoms with Crippen molar-refractivity contribution >= 4 is 13.8 Å². The van der Waals surface area contributed by atoms with Crippen molar-refractivity contribution in [3.63, 3.8) is 0 Å². The van der Waals surface area contributed by atoms with Crippen molar-refractivity contribution < 1.29 is 55.3 Å². The molecule has 12 heteroatoms. The fourth-order valence-electron chi connectivity index (χ4n) is 0.602. The SMILES string of the molecule is CNCCC(CO)C(=O)[O-].N.N.O=P([O-])(O)O.[Pt+2]. The molecule has 116 valence electrons. The molecule has 18 heavy (non-hydrogen) atoms. The maximum absolute atomic E-state index is 10.1. The van der Waals surface area contributed by atoms with Crippen LogP contribution in [0.15, 0.2) is 0 Å². The minimum atomic E-state index is -4.89. The Labute approximate surface area is 119 Å². The number of hydrogen-bond donors (Lipinski definition) is 6. The van der Waals surface area contributed by atoms with Gasteiger partial charge >= 0.3 is 21.1 Å². The predicted octanol–water partition coefficient (Wildman–Crippen LogP) is -3.28. The topological polar surface area (TPSA) is 223 Å². The summed E-state index contributed by atoms with van der Waals surface area (Å²) in [6.07, 6.45) is 0.412. The molecule has 0 amide bonds. The zero-order chi connectivity index (χ0) is 12.5. The molecule has 10 N–H and O–H groups in total. The number of carbonyl (C=O) groups excluding carboxylic acids is 1. The van der Waals surface area contributed by atoms with E-state index in [1.54, 1.807) is 7.05 Å². The van der Waals surface area contributed by atoms with Crippen LogP contribution in [-0.2, 0) is 30.4 Å². The van der Waals surface area contributed by atoms with Gasteiger partial charge in [-0.15, -0.1) is 0 Å². The van der Waals surface area contributed by atoms with E-state index in [2.05, 4.69) is 5.32 Å². The fourth-order valence-corrected chi connectivity index (χ4v) is 0.602. The molecular weight excluding hydrogens is 452 g/mol. The summed E-state index contributed by atoms with van der Waals surface area (Å²) < 4.78 is 8.77. The molecule has 0 aromatic heterocycles. The van der Waals surface area contributed by atoms with E-state index in [0.29, 0.717) is 13.0 Å². The van der Waals surface area contributed by atoms with Gasteiger partial charge in [-0.2, -0.15) is 0 Å². The van der Waals surface area contributed by atoms with Gasteiger partial charge in [-0.25, -0.2) is 0 Å². The quantitative estimate of drug-likeness (QED) is 0.219. The molecule has 10 nitrogen and oxygen atoms in total. The number of nitrogens with one attached hydrogen (secondary N) is 1. The summed E-state index contributed by atoms with van der Waals surface area (Å²) in [5.74, 6) is -1.91. The zero-order valence-electron chi connectivity index (χ0n) is 9.85. The molecule has 0 aromatic carbocycles. The van der Waals surface area contributed by atoms with Gasteiger partial charge in [-0.3, -0.25) is 4.57 Å². The Morgan fingerprint density at radius 3 is 1.89 bits per heavy atom. The number of aliphatic hydroxyl groups is 1. The van der Waals surface area contributed by atoms with Crippen molar-refractivity contribution in [2.24, 2.45) is 5.92 Å². The Balaban J connectivity index is -0.0000000621. The summed E-state index contributed by atoms with van der Waals surface area (Å²) in [4.78, 5) is 33.1. The van der Waals surface area contributed by atoms with Gasteiger partial charge in [-0.05, 0) is 20.0 Å². The monoisotopic (exact) mass is 472 g/mol. The summed E-state index contributed by atoms with van der Waals surface area (Å²) in [5.41, 5.74) is 0. The second-order valence-electron chi connectivity index (χ2n) is 2.58. The van der Waals surface area contributed by atoms with Crippen molar-refractivity contribution in [3.05, 3.63) is 0 Å². The summed E-state index contributed by atoms with van der Waals surface area (Å²) in [5, 5.41) is 21.4. The summed E-state index contributed by atoms with van der Waals surface area (Å²) in [6.45, 7) is 0.239. The maximum Gasteiger partial charge on any atom is 2.00 e. The van der Waals surface area contributed by atoms with Crippen molar-refractivity contribution in [3.8, 4) is 0 Å². The Morgan fingerprint density at radius 2 is 1.72 bits per heavy atom. The van der Waals surface area contributed by atoms with E-state index < -0.39 is 19.7 Å². The molecule has 0 saturated heterocycles. The third-order valence-corrected chi connectivity index (χ3v) is 1.30. The third kappa shape index (κ3) is 36.0. The van der Waals surface area contributed by atoms with Gasteiger partial charge in [0.2, 0.25) is 0 Å². The first-order valence-corrected chi connectivity index (χ1v) is 5.48.